The molecule has 13 heavy (non-hydrogen) atoms. The van der Waals surface area contributed by atoms with E-state index in [-0.39, 0.29) is 0 Å². The minimum absolute atomic E-state index is 0.307. The predicted octanol–water partition coefficient (Wildman–Crippen LogP) is 2.04. The minimum atomic E-state index is 0.307. The number of carbonyl (C=O) groups excluding carboxylic acids is 1. The van der Waals surface area contributed by atoms with Gasteiger partial charge in [0.25, 0.3) is 0 Å². The molecule has 0 aromatic carbocycles. The fourth-order valence-corrected chi connectivity index (χ4v) is 0.592. The predicted molar refractivity (Wildman–Crippen MR) is 54.0 cm³/mol. The third-order valence-corrected chi connectivity index (χ3v) is 1.37. The molecule has 0 radical (unpaired) electrons. The van der Waals surface area contributed by atoms with Gasteiger partial charge in [-0.15, -0.1) is 0 Å². The van der Waals surface area contributed by atoms with Crippen LogP contribution in [0.1, 0.15) is 33.1 Å². The van der Waals surface area contributed by atoms with Crippen molar-refractivity contribution in [1.29, 1.82) is 0 Å². The maximum atomic E-state index is 10.2. The van der Waals surface area contributed by atoms with Gasteiger partial charge in [-0.1, -0.05) is 13.3 Å². The van der Waals surface area contributed by atoms with Gasteiger partial charge >= 0.3 is 0 Å². The number of ether oxygens (including phenoxy) is 2. The summed E-state index contributed by atoms with van der Waals surface area (Å²) >= 11 is 0. The van der Waals surface area contributed by atoms with Crippen molar-refractivity contribution in [2.45, 2.75) is 33.1 Å². The molecule has 0 bridgehead atoms. The fourth-order valence-electron chi connectivity index (χ4n) is 0.592. The third-order valence-electron chi connectivity index (χ3n) is 1.37. The van der Waals surface area contributed by atoms with Gasteiger partial charge in [0.15, 0.2) is 0 Å². The number of hydrogen-bond acceptors (Lipinski definition) is 3. The van der Waals surface area contributed by atoms with Gasteiger partial charge in [-0.05, 0) is 13.3 Å². The Kier molecular flexibility index (Phi) is 16.4. The van der Waals surface area contributed by atoms with E-state index in [1.165, 1.54) is 0 Å². The fraction of sp³-hybridized carbons (Fsp3) is 0.900. The highest BCUT2D eigenvalue weighted by Crippen LogP contribution is 1.92. The van der Waals surface area contributed by atoms with E-state index >= 15 is 0 Å². The van der Waals surface area contributed by atoms with E-state index in [0.717, 1.165) is 19.3 Å². The molecule has 0 aliphatic carbocycles. The summed E-state index contributed by atoms with van der Waals surface area (Å²) in [5, 5.41) is 0. The van der Waals surface area contributed by atoms with E-state index in [2.05, 4.69) is 16.4 Å². The summed E-state index contributed by atoms with van der Waals surface area (Å²) in [5.74, 6) is 0.307. The number of hydrogen-bond donors (Lipinski definition) is 0. The van der Waals surface area contributed by atoms with E-state index in [9.17, 15) is 4.79 Å². The topological polar surface area (TPSA) is 35.5 Å². The van der Waals surface area contributed by atoms with Crippen molar-refractivity contribution in [3.8, 4) is 0 Å². The lowest BCUT2D eigenvalue weighted by atomic mass is 10.2. The normalized spacial score (nSPS) is 8.92. The average Bonchev–Trinajstić information content (AvgIpc) is 2.12. The molecule has 80 valence electrons. The Morgan fingerprint density at radius 3 is 1.77 bits per heavy atom. The smallest absolute Gasteiger partial charge is 0.129 e. The molecule has 3 heteroatoms. The van der Waals surface area contributed by atoms with Crippen LogP contribution >= 0.6 is 0 Å². The van der Waals surface area contributed by atoms with Crippen molar-refractivity contribution in [3.63, 3.8) is 0 Å². The van der Waals surface area contributed by atoms with E-state index in [4.69, 9.17) is 0 Å². The molecule has 0 heterocycles. The van der Waals surface area contributed by atoms with Crippen LogP contribution in [0.4, 0.5) is 0 Å². The van der Waals surface area contributed by atoms with Gasteiger partial charge in [-0.3, -0.25) is 0 Å². The second kappa shape index (κ2) is 14.1. The van der Waals surface area contributed by atoms with Gasteiger partial charge in [0, 0.05) is 20.6 Å². The highest BCUT2D eigenvalue weighted by atomic mass is 16.5. The molecule has 0 fully saturated rings. The summed E-state index contributed by atoms with van der Waals surface area (Å²) in [6.07, 6.45) is 2.94. The van der Waals surface area contributed by atoms with Crippen LogP contribution < -0.4 is 0 Å². The van der Waals surface area contributed by atoms with E-state index in [1.807, 2.05) is 0 Å². The second-order valence-corrected chi connectivity index (χ2v) is 2.79. The molecule has 0 spiro atoms. The Balaban J connectivity index is 0. The lowest BCUT2D eigenvalue weighted by Gasteiger charge is -1.91. The van der Waals surface area contributed by atoms with Crippen LogP contribution in [0.2, 0.25) is 0 Å². The number of ketones is 1. The first kappa shape index (κ1) is 15.1. The molecular formula is C10H22O3. The van der Waals surface area contributed by atoms with Gasteiger partial charge in [-0.25, -0.2) is 0 Å². The molecule has 0 saturated heterocycles. The van der Waals surface area contributed by atoms with Gasteiger partial charge in [0.1, 0.15) is 5.78 Å². The van der Waals surface area contributed by atoms with Crippen molar-refractivity contribution in [2.75, 3.05) is 27.4 Å². The number of carbonyl (C=O) groups is 1. The molecule has 0 aliphatic heterocycles. The van der Waals surface area contributed by atoms with Crippen LogP contribution in [-0.2, 0) is 14.3 Å². The Bertz CT molecular complexity index is 98.3. The zero-order valence-corrected chi connectivity index (χ0v) is 9.26. The van der Waals surface area contributed by atoms with Crippen molar-refractivity contribution in [2.24, 2.45) is 0 Å². The maximum absolute atomic E-state index is 10.2. The van der Waals surface area contributed by atoms with Gasteiger partial charge < -0.3 is 14.3 Å². The lowest BCUT2D eigenvalue weighted by Crippen LogP contribution is -1.96. The molecule has 0 amide bonds. The molecule has 0 aromatic heterocycles. The second-order valence-electron chi connectivity index (χ2n) is 2.79. The quantitative estimate of drug-likeness (QED) is 0.601. The van der Waals surface area contributed by atoms with E-state index in [0.29, 0.717) is 19.0 Å². The average molecular weight is 190 g/mol. The highest BCUT2D eigenvalue weighted by Gasteiger charge is 1.87. The van der Waals surface area contributed by atoms with E-state index in [1.54, 1.807) is 21.1 Å². The minimum Gasteiger partial charge on any atom is -0.382 e. The molecule has 0 aliphatic rings. The standard InChI is InChI=1S/C6H12O.C4H10O2/c1-3-4-5-6(2)7;1-5-3-4-6-2/h3-5H2,1-2H3;3-4H2,1-2H3. The Morgan fingerprint density at radius 1 is 1.15 bits per heavy atom. The first-order chi connectivity index (χ1) is 6.18. The zero-order chi connectivity index (χ0) is 10.5. The van der Waals surface area contributed by atoms with Crippen molar-refractivity contribution < 1.29 is 14.3 Å². The van der Waals surface area contributed by atoms with Crippen LogP contribution in [-0.4, -0.2) is 33.2 Å². The van der Waals surface area contributed by atoms with Crippen molar-refractivity contribution in [3.05, 3.63) is 0 Å². The number of rotatable bonds is 6. The van der Waals surface area contributed by atoms with Gasteiger partial charge in [0.05, 0.1) is 13.2 Å². The third kappa shape index (κ3) is 24.5. The number of Topliss-reactive ketones (excluding diaryl/α,β-unsaturated/α-hetero) is 1. The molecular weight excluding hydrogens is 168 g/mol. The van der Waals surface area contributed by atoms with Crippen LogP contribution in [0.3, 0.4) is 0 Å². The van der Waals surface area contributed by atoms with Gasteiger partial charge in [-0.2, -0.15) is 0 Å². The highest BCUT2D eigenvalue weighted by molar-refractivity contribution is 5.75. The van der Waals surface area contributed by atoms with Crippen LogP contribution in [0.25, 0.3) is 0 Å². The van der Waals surface area contributed by atoms with E-state index < -0.39 is 0 Å². The lowest BCUT2D eigenvalue weighted by molar-refractivity contribution is -0.117. The zero-order valence-electron chi connectivity index (χ0n) is 9.26. The largest absolute Gasteiger partial charge is 0.382 e. The number of methoxy groups -OCH3 is 2. The van der Waals surface area contributed by atoms with Crippen molar-refractivity contribution >= 4 is 5.78 Å². The summed E-state index contributed by atoms with van der Waals surface area (Å²) in [7, 11) is 3.30. The Labute approximate surface area is 81.4 Å². The van der Waals surface area contributed by atoms with Gasteiger partial charge in [0.2, 0.25) is 0 Å². The first-order valence-electron chi connectivity index (χ1n) is 4.66. The molecule has 0 unspecified atom stereocenters. The molecule has 0 aromatic rings. The monoisotopic (exact) mass is 190 g/mol. The summed E-state index contributed by atoms with van der Waals surface area (Å²) < 4.78 is 9.31. The molecule has 0 atom stereocenters. The Morgan fingerprint density at radius 2 is 1.62 bits per heavy atom. The summed E-state index contributed by atoms with van der Waals surface area (Å²) in [6.45, 7) is 5.10. The first-order valence-corrected chi connectivity index (χ1v) is 4.66. The summed E-state index contributed by atoms with van der Waals surface area (Å²) in [4.78, 5) is 10.2. The van der Waals surface area contributed by atoms with Crippen LogP contribution in [0.15, 0.2) is 0 Å². The molecule has 0 rings (SSSR count). The SMILES string of the molecule is CCCCC(C)=O.COCCOC. The number of unbranched alkanes of at least 4 members (excludes halogenated alkanes) is 1. The Hall–Kier alpha value is -0.410. The molecule has 0 N–H and O–H groups in total. The van der Waals surface area contributed by atoms with Crippen LogP contribution in [0.5, 0.6) is 0 Å². The summed E-state index contributed by atoms with van der Waals surface area (Å²) in [5.41, 5.74) is 0. The summed E-state index contributed by atoms with van der Waals surface area (Å²) in [6, 6.07) is 0. The molecule has 0 saturated carbocycles. The van der Waals surface area contributed by atoms with Crippen LogP contribution in [0, 0.1) is 0 Å². The molecule has 3 nitrogen and oxygen atoms in total. The maximum Gasteiger partial charge on any atom is 0.129 e. The van der Waals surface area contributed by atoms with Crippen molar-refractivity contribution in [1.82, 2.24) is 0 Å².